The zero-order chi connectivity index (χ0) is 18.7. The second kappa shape index (κ2) is 8.42. The number of hydrogen-bond acceptors (Lipinski definition) is 3. The Hall–Kier alpha value is -1.25. The lowest BCUT2D eigenvalue weighted by molar-refractivity contribution is 0.0989. The predicted octanol–water partition coefficient (Wildman–Crippen LogP) is 6.50. The lowest BCUT2D eigenvalue weighted by atomic mass is 10.0. The second-order valence-corrected chi connectivity index (χ2v) is 8.45. The Kier molecular flexibility index (Phi) is 6.76. The molecule has 130 valence electrons. The summed E-state index contributed by atoms with van der Waals surface area (Å²) in [5.74, 6) is -0.371. The smallest absolute Gasteiger partial charge is 0.294 e. The molecule has 0 aromatic heterocycles. The third-order valence-corrected chi connectivity index (χ3v) is 5.87. The molecule has 0 fully saturated rings. The first-order chi connectivity index (χ1) is 11.7. The maximum atomic E-state index is 12.4. The van der Waals surface area contributed by atoms with Crippen molar-refractivity contribution < 1.29 is 14.2 Å². The van der Waals surface area contributed by atoms with Crippen LogP contribution in [0.5, 0.6) is 0 Å². The molecule has 0 N–H and O–H groups in total. The molecule has 1 atom stereocenters. The molecule has 1 unspecified atom stereocenters. The molecule has 2 aromatic carbocycles. The zero-order valence-electron chi connectivity index (χ0n) is 13.6. The lowest BCUT2D eigenvalue weighted by Crippen LogP contribution is -2.06. The minimum Gasteiger partial charge on any atom is -0.294 e. The zero-order valence-corrected chi connectivity index (χ0v) is 16.8. The van der Waals surface area contributed by atoms with E-state index in [1.165, 1.54) is 12.1 Å². The number of rotatable bonds is 6. The standard InChI is InChI=1S/C18H15Cl3O3P/c1-10-4-3-5-11(2)16(10)18(23)25(24)7-6-15(22)17-13(20)8-12(19)9-14(17)21/h3-5,8-9H,6-7H2,1-2H3/q+1. The summed E-state index contributed by atoms with van der Waals surface area (Å²) in [6.45, 7) is 3.59. The second-order valence-electron chi connectivity index (χ2n) is 5.59. The molecule has 0 heterocycles. The molecule has 2 aromatic rings. The molecular weight excluding hydrogens is 402 g/mol. The van der Waals surface area contributed by atoms with Crippen molar-refractivity contribution in [3.05, 3.63) is 67.7 Å². The highest BCUT2D eigenvalue weighted by molar-refractivity contribution is 7.64. The molecule has 0 spiro atoms. The molecule has 0 aliphatic rings. The van der Waals surface area contributed by atoms with Gasteiger partial charge in [0, 0.05) is 5.02 Å². The normalized spacial score (nSPS) is 11.3. The van der Waals surface area contributed by atoms with Gasteiger partial charge in [0.2, 0.25) is 0 Å². The van der Waals surface area contributed by atoms with E-state index in [4.69, 9.17) is 34.8 Å². The summed E-state index contributed by atoms with van der Waals surface area (Å²) in [5.41, 5.74) is 1.69. The van der Waals surface area contributed by atoms with E-state index in [0.717, 1.165) is 11.1 Å². The van der Waals surface area contributed by atoms with Crippen LogP contribution in [0.2, 0.25) is 15.1 Å². The van der Waals surface area contributed by atoms with Crippen LogP contribution in [0.3, 0.4) is 0 Å². The quantitative estimate of drug-likeness (QED) is 0.399. The van der Waals surface area contributed by atoms with Gasteiger partial charge in [0.25, 0.3) is 0 Å². The first-order valence-corrected chi connectivity index (χ1v) is 10.0. The largest absolute Gasteiger partial charge is 0.420 e. The van der Waals surface area contributed by atoms with Gasteiger partial charge in [-0.1, -0.05) is 57.6 Å². The Balaban J connectivity index is 2.12. The maximum Gasteiger partial charge on any atom is 0.420 e. The summed E-state index contributed by atoms with van der Waals surface area (Å²) in [6.07, 6.45) is -0.150. The summed E-state index contributed by atoms with van der Waals surface area (Å²) in [7, 11) is -2.22. The molecule has 25 heavy (non-hydrogen) atoms. The van der Waals surface area contributed by atoms with E-state index in [9.17, 15) is 14.2 Å². The van der Waals surface area contributed by atoms with Gasteiger partial charge in [-0.05, 0) is 37.1 Å². The number of Topliss-reactive ketones (excluding diaryl/α,β-unsaturated/α-hetero) is 1. The van der Waals surface area contributed by atoms with Crippen molar-refractivity contribution in [3.63, 3.8) is 0 Å². The molecule has 0 amide bonds. The van der Waals surface area contributed by atoms with Gasteiger partial charge in [-0.3, -0.25) is 4.79 Å². The minimum absolute atomic E-state index is 0.0595. The summed E-state index contributed by atoms with van der Waals surface area (Å²) in [5, 5.41) is 0.598. The van der Waals surface area contributed by atoms with Crippen LogP contribution in [0.4, 0.5) is 0 Å². The third kappa shape index (κ3) is 4.68. The van der Waals surface area contributed by atoms with Crippen LogP contribution in [-0.2, 0) is 4.57 Å². The first kappa shape index (κ1) is 20.1. The minimum atomic E-state index is -2.22. The molecule has 2 rings (SSSR count). The van der Waals surface area contributed by atoms with Gasteiger partial charge in [-0.25, -0.2) is 4.79 Å². The van der Waals surface area contributed by atoms with Crippen LogP contribution in [0, 0.1) is 13.8 Å². The van der Waals surface area contributed by atoms with Gasteiger partial charge in [0.15, 0.2) is 11.9 Å². The lowest BCUT2D eigenvalue weighted by Gasteiger charge is -2.05. The number of aryl methyl sites for hydroxylation is 2. The molecular formula is C18H15Cl3O3P+. The average molecular weight is 417 g/mol. The van der Waals surface area contributed by atoms with Gasteiger partial charge < -0.3 is 0 Å². The fourth-order valence-electron chi connectivity index (χ4n) is 2.51. The van der Waals surface area contributed by atoms with Crippen LogP contribution in [0.1, 0.15) is 38.3 Å². The molecule has 0 aliphatic carbocycles. The molecule has 0 radical (unpaired) electrons. The van der Waals surface area contributed by atoms with Crippen molar-refractivity contribution in [3.8, 4) is 0 Å². The Labute approximate surface area is 162 Å². The fraction of sp³-hybridized carbons (Fsp3) is 0.222. The van der Waals surface area contributed by atoms with E-state index in [1.807, 2.05) is 6.07 Å². The topological polar surface area (TPSA) is 51.2 Å². The number of carbonyl (C=O) groups excluding carboxylic acids is 2. The fourth-order valence-corrected chi connectivity index (χ4v) is 4.75. The SMILES string of the molecule is Cc1cccc(C)c1C(=O)[P+](=O)CCC(=O)c1c(Cl)cc(Cl)cc1Cl. The average Bonchev–Trinajstić information content (AvgIpc) is 2.51. The summed E-state index contributed by atoms with van der Waals surface area (Å²) in [4.78, 5) is 24.8. The van der Waals surface area contributed by atoms with E-state index in [0.29, 0.717) is 10.6 Å². The predicted molar refractivity (Wildman–Crippen MR) is 103 cm³/mol. The maximum absolute atomic E-state index is 12.4. The van der Waals surface area contributed by atoms with Gasteiger partial charge in [-0.15, -0.1) is 0 Å². The summed E-state index contributed by atoms with van der Waals surface area (Å²) >= 11 is 17.9. The Morgan fingerprint density at radius 1 is 0.960 bits per heavy atom. The van der Waals surface area contributed by atoms with Crippen LogP contribution in [0.15, 0.2) is 30.3 Å². The first-order valence-electron chi connectivity index (χ1n) is 7.45. The number of hydrogen-bond donors (Lipinski definition) is 0. The van der Waals surface area contributed by atoms with E-state index in [-0.39, 0.29) is 34.0 Å². The molecule has 0 aliphatic heterocycles. The Morgan fingerprint density at radius 2 is 1.48 bits per heavy atom. The van der Waals surface area contributed by atoms with Gasteiger partial charge in [0.05, 0.1) is 27.6 Å². The van der Waals surface area contributed by atoms with Crippen LogP contribution < -0.4 is 0 Å². The monoisotopic (exact) mass is 415 g/mol. The van der Waals surface area contributed by atoms with Gasteiger partial charge in [0.1, 0.15) is 0 Å². The molecule has 0 bridgehead atoms. The molecule has 0 saturated carbocycles. The van der Waals surface area contributed by atoms with Crippen molar-refractivity contribution >= 4 is 53.9 Å². The van der Waals surface area contributed by atoms with E-state index >= 15 is 0 Å². The molecule has 0 saturated heterocycles. The van der Waals surface area contributed by atoms with Crippen LogP contribution >= 0.6 is 42.6 Å². The van der Waals surface area contributed by atoms with E-state index in [1.54, 1.807) is 26.0 Å². The highest BCUT2D eigenvalue weighted by Crippen LogP contribution is 2.34. The highest BCUT2D eigenvalue weighted by Gasteiger charge is 2.33. The van der Waals surface area contributed by atoms with Crippen molar-refractivity contribution in [2.45, 2.75) is 20.3 Å². The van der Waals surface area contributed by atoms with E-state index in [2.05, 4.69) is 0 Å². The van der Waals surface area contributed by atoms with E-state index < -0.39 is 13.3 Å². The number of halogens is 3. The third-order valence-electron chi connectivity index (χ3n) is 3.75. The Morgan fingerprint density at radius 3 is 2.00 bits per heavy atom. The van der Waals surface area contributed by atoms with Crippen molar-refractivity contribution in [2.75, 3.05) is 6.16 Å². The number of carbonyl (C=O) groups is 2. The number of benzene rings is 2. The van der Waals surface area contributed by atoms with Crippen molar-refractivity contribution in [1.29, 1.82) is 0 Å². The molecule has 3 nitrogen and oxygen atoms in total. The Bertz CT molecular complexity index is 835. The highest BCUT2D eigenvalue weighted by atomic mass is 35.5. The van der Waals surface area contributed by atoms with Crippen molar-refractivity contribution in [1.82, 2.24) is 0 Å². The summed E-state index contributed by atoms with van der Waals surface area (Å²) < 4.78 is 12.4. The van der Waals surface area contributed by atoms with Crippen LogP contribution in [0.25, 0.3) is 0 Å². The number of ketones is 1. The van der Waals surface area contributed by atoms with Crippen molar-refractivity contribution in [2.24, 2.45) is 0 Å². The molecule has 7 heteroatoms. The van der Waals surface area contributed by atoms with Gasteiger partial charge in [-0.2, -0.15) is 0 Å². The van der Waals surface area contributed by atoms with Gasteiger partial charge >= 0.3 is 13.3 Å². The summed E-state index contributed by atoms with van der Waals surface area (Å²) in [6, 6.07) is 8.26. The van der Waals surface area contributed by atoms with Crippen LogP contribution in [-0.4, -0.2) is 17.5 Å².